The standard InChI is InChI=1S/C24H23N5O/c1-18-25-22(27-11-4-5-12-27)17-23(26-18)28-13-15-29(16-14-28)24(30)21-10-6-8-19-7-2-3-9-20(19)21/h2-12,17H,13-16H2,1H3. The van der Waals surface area contributed by atoms with Gasteiger partial charge in [0.05, 0.1) is 0 Å². The van der Waals surface area contributed by atoms with Crippen molar-refractivity contribution in [3.05, 3.63) is 84.4 Å². The Morgan fingerprint density at radius 3 is 2.33 bits per heavy atom. The van der Waals surface area contributed by atoms with Gasteiger partial charge in [0.15, 0.2) is 0 Å². The summed E-state index contributed by atoms with van der Waals surface area (Å²) in [5.41, 5.74) is 0.773. The molecule has 2 aromatic carbocycles. The fraction of sp³-hybridized carbons (Fsp3) is 0.208. The lowest BCUT2D eigenvalue weighted by Crippen LogP contribution is -2.49. The maximum atomic E-state index is 13.2. The first-order valence-electron chi connectivity index (χ1n) is 10.2. The summed E-state index contributed by atoms with van der Waals surface area (Å²) in [4.78, 5) is 26.6. The third-order valence-corrected chi connectivity index (χ3v) is 5.59. The zero-order valence-electron chi connectivity index (χ0n) is 16.9. The van der Waals surface area contributed by atoms with Crippen LogP contribution < -0.4 is 4.90 Å². The van der Waals surface area contributed by atoms with E-state index in [-0.39, 0.29) is 5.91 Å². The number of nitrogens with zero attached hydrogens (tertiary/aromatic N) is 5. The molecule has 1 amide bonds. The molecule has 2 aromatic heterocycles. The average Bonchev–Trinajstić information content (AvgIpc) is 3.33. The van der Waals surface area contributed by atoms with Crippen molar-refractivity contribution in [3.63, 3.8) is 0 Å². The number of piperazine rings is 1. The Balaban J connectivity index is 1.34. The summed E-state index contributed by atoms with van der Waals surface area (Å²) in [7, 11) is 0. The van der Waals surface area contributed by atoms with Gasteiger partial charge in [0.2, 0.25) is 0 Å². The Kier molecular flexibility index (Phi) is 4.67. The lowest BCUT2D eigenvalue weighted by molar-refractivity contribution is 0.0748. The van der Waals surface area contributed by atoms with Crippen LogP contribution in [0.5, 0.6) is 0 Å². The Morgan fingerprint density at radius 2 is 1.53 bits per heavy atom. The van der Waals surface area contributed by atoms with E-state index in [9.17, 15) is 4.79 Å². The fourth-order valence-corrected chi connectivity index (χ4v) is 4.04. The zero-order valence-corrected chi connectivity index (χ0v) is 16.9. The third kappa shape index (κ3) is 3.41. The van der Waals surface area contributed by atoms with Gasteiger partial charge in [0.1, 0.15) is 17.5 Å². The van der Waals surface area contributed by atoms with Gasteiger partial charge in [-0.05, 0) is 35.9 Å². The van der Waals surface area contributed by atoms with E-state index in [0.29, 0.717) is 13.1 Å². The fourth-order valence-electron chi connectivity index (χ4n) is 4.04. The van der Waals surface area contributed by atoms with Crippen LogP contribution in [0.1, 0.15) is 16.2 Å². The molecule has 3 heterocycles. The average molecular weight is 397 g/mol. The van der Waals surface area contributed by atoms with Crippen LogP contribution in [-0.4, -0.2) is 51.5 Å². The quantitative estimate of drug-likeness (QED) is 0.529. The summed E-state index contributed by atoms with van der Waals surface area (Å²) in [6, 6.07) is 19.9. The number of carbonyl (C=O) groups is 1. The largest absolute Gasteiger partial charge is 0.353 e. The summed E-state index contributed by atoms with van der Waals surface area (Å²) < 4.78 is 1.98. The van der Waals surface area contributed by atoms with Gasteiger partial charge in [-0.2, -0.15) is 0 Å². The maximum Gasteiger partial charge on any atom is 0.254 e. The summed E-state index contributed by atoms with van der Waals surface area (Å²) in [5.74, 6) is 2.60. The highest BCUT2D eigenvalue weighted by molar-refractivity contribution is 6.07. The summed E-state index contributed by atoms with van der Waals surface area (Å²) in [6.45, 7) is 4.75. The first kappa shape index (κ1) is 18.4. The second kappa shape index (κ2) is 7.63. The monoisotopic (exact) mass is 397 g/mol. The minimum atomic E-state index is 0.0957. The molecule has 30 heavy (non-hydrogen) atoms. The normalized spacial score (nSPS) is 14.3. The van der Waals surface area contributed by atoms with Crippen molar-refractivity contribution < 1.29 is 4.79 Å². The Bertz CT molecular complexity index is 1190. The van der Waals surface area contributed by atoms with E-state index < -0.39 is 0 Å². The number of carbonyl (C=O) groups excluding carboxylic acids is 1. The molecule has 1 fully saturated rings. The first-order valence-corrected chi connectivity index (χ1v) is 10.2. The van der Waals surface area contributed by atoms with Gasteiger partial charge in [-0.15, -0.1) is 0 Å². The van der Waals surface area contributed by atoms with Crippen LogP contribution in [0, 0.1) is 6.92 Å². The van der Waals surface area contributed by atoms with Crippen LogP contribution in [0.4, 0.5) is 5.82 Å². The van der Waals surface area contributed by atoms with Crippen molar-refractivity contribution in [2.45, 2.75) is 6.92 Å². The maximum absolute atomic E-state index is 13.2. The third-order valence-electron chi connectivity index (χ3n) is 5.59. The highest BCUT2D eigenvalue weighted by Crippen LogP contribution is 2.22. The molecule has 1 aliphatic heterocycles. The van der Waals surface area contributed by atoms with Gasteiger partial charge in [-0.3, -0.25) is 4.79 Å². The van der Waals surface area contributed by atoms with Crippen molar-refractivity contribution in [2.24, 2.45) is 0 Å². The Hall–Kier alpha value is -3.67. The number of hydrogen-bond acceptors (Lipinski definition) is 4. The van der Waals surface area contributed by atoms with Crippen LogP contribution in [0.15, 0.2) is 73.1 Å². The lowest BCUT2D eigenvalue weighted by atomic mass is 10.0. The van der Waals surface area contributed by atoms with Crippen molar-refractivity contribution in [2.75, 3.05) is 31.1 Å². The van der Waals surface area contributed by atoms with Gasteiger partial charge in [-0.1, -0.05) is 36.4 Å². The first-order chi connectivity index (χ1) is 14.7. The van der Waals surface area contributed by atoms with E-state index in [1.54, 1.807) is 0 Å². The molecule has 0 bridgehead atoms. The molecule has 0 N–H and O–H groups in total. The summed E-state index contributed by atoms with van der Waals surface area (Å²) in [5, 5.41) is 2.10. The van der Waals surface area contributed by atoms with Crippen molar-refractivity contribution in [1.29, 1.82) is 0 Å². The van der Waals surface area contributed by atoms with E-state index in [1.165, 1.54) is 0 Å². The van der Waals surface area contributed by atoms with Crippen molar-refractivity contribution >= 4 is 22.5 Å². The molecule has 0 saturated carbocycles. The van der Waals surface area contributed by atoms with Gasteiger partial charge < -0.3 is 14.4 Å². The van der Waals surface area contributed by atoms with E-state index >= 15 is 0 Å². The molecular weight excluding hydrogens is 374 g/mol. The number of amides is 1. The van der Waals surface area contributed by atoms with E-state index in [1.807, 2.05) is 89.4 Å². The molecule has 0 aliphatic carbocycles. The van der Waals surface area contributed by atoms with Crippen LogP contribution >= 0.6 is 0 Å². The molecule has 0 radical (unpaired) electrons. The number of rotatable bonds is 3. The minimum absolute atomic E-state index is 0.0957. The molecule has 4 aromatic rings. The molecule has 6 heteroatoms. The second-order valence-electron chi connectivity index (χ2n) is 7.53. The van der Waals surface area contributed by atoms with Crippen molar-refractivity contribution in [3.8, 4) is 5.82 Å². The molecule has 1 aliphatic rings. The highest BCUT2D eigenvalue weighted by Gasteiger charge is 2.24. The predicted molar refractivity (Wildman–Crippen MR) is 118 cm³/mol. The van der Waals surface area contributed by atoms with E-state index in [2.05, 4.69) is 14.9 Å². The highest BCUT2D eigenvalue weighted by atomic mass is 16.2. The lowest BCUT2D eigenvalue weighted by Gasteiger charge is -2.35. The molecule has 5 rings (SSSR count). The second-order valence-corrected chi connectivity index (χ2v) is 7.53. The van der Waals surface area contributed by atoms with E-state index in [4.69, 9.17) is 0 Å². The molecule has 150 valence electrons. The topological polar surface area (TPSA) is 54.3 Å². The number of benzene rings is 2. The number of aryl methyl sites for hydroxylation is 1. The summed E-state index contributed by atoms with van der Waals surface area (Å²) >= 11 is 0. The molecule has 0 unspecified atom stereocenters. The Labute approximate surface area is 175 Å². The summed E-state index contributed by atoms with van der Waals surface area (Å²) in [6.07, 6.45) is 3.96. The smallest absolute Gasteiger partial charge is 0.254 e. The van der Waals surface area contributed by atoms with Crippen LogP contribution in [-0.2, 0) is 0 Å². The van der Waals surface area contributed by atoms with Crippen LogP contribution in [0.25, 0.3) is 16.6 Å². The SMILES string of the molecule is Cc1nc(N2CCN(C(=O)c3cccc4ccccc34)CC2)cc(-n2cccc2)n1. The van der Waals surface area contributed by atoms with Crippen molar-refractivity contribution in [1.82, 2.24) is 19.4 Å². The number of aromatic nitrogens is 3. The predicted octanol–water partition coefficient (Wildman–Crippen LogP) is 3.69. The zero-order chi connectivity index (χ0) is 20.5. The molecule has 0 atom stereocenters. The van der Waals surface area contributed by atoms with Gasteiger partial charge in [-0.25, -0.2) is 9.97 Å². The Morgan fingerprint density at radius 1 is 0.833 bits per heavy atom. The number of anilines is 1. The van der Waals surface area contributed by atoms with E-state index in [0.717, 1.165) is 46.9 Å². The van der Waals surface area contributed by atoms with Gasteiger partial charge in [0, 0.05) is 50.2 Å². The number of fused-ring (bicyclic) bond motifs is 1. The van der Waals surface area contributed by atoms with Crippen LogP contribution in [0.3, 0.4) is 0 Å². The molecular formula is C24H23N5O. The van der Waals surface area contributed by atoms with Gasteiger partial charge >= 0.3 is 0 Å². The molecule has 6 nitrogen and oxygen atoms in total. The minimum Gasteiger partial charge on any atom is -0.353 e. The molecule has 0 spiro atoms. The molecule has 1 saturated heterocycles. The number of hydrogen-bond donors (Lipinski definition) is 0. The van der Waals surface area contributed by atoms with Gasteiger partial charge in [0.25, 0.3) is 5.91 Å². The van der Waals surface area contributed by atoms with Crippen LogP contribution in [0.2, 0.25) is 0 Å².